The molecule has 0 bridgehead atoms. The average molecular weight is 707 g/mol. The second-order valence-corrected chi connectivity index (χ2v) is 16.0. The third-order valence-corrected chi connectivity index (χ3v) is 11.9. The second-order valence-electron chi connectivity index (χ2n) is 12.4. The molecule has 0 radical (unpaired) electrons. The average Bonchev–Trinajstić information content (AvgIpc) is 3.40. The van der Waals surface area contributed by atoms with Crippen molar-refractivity contribution in [2.75, 3.05) is 38.1 Å². The van der Waals surface area contributed by atoms with Crippen molar-refractivity contribution in [3.05, 3.63) is 65.5 Å². The summed E-state index contributed by atoms with van der Waals surface area (Å²) in [5.41, 5.74) is 0.545. The first-order valence-electron chi connectivity index (χ1n) is 16.0. The molecule has 1 amide bonds. The molecule has 1 aromatic heterocycles. The van der Waals surface area contributed by atoms with Gasteiger partial charge in [-0.05, 0) is 77.3 Å². The number of benzene rings is 2. The van der Waals surface area contributed by atoms with Gasteiger partial charge in [0.05, 0.1) is 35.3 Å². The Balaban J connectivity index is 1.69. The Morgan fingerprint density at radius 2 is 1.79 bits per heavy atom. The van der Waals surface area contributed by atoms with E-state index in [9.17, 15) is 26.7 Å². The van der Waals surface area contributed by atoms with Crippen LogP contribution in [0.3, 0.4) is 0 Å². The van der Waals surface area contributed by atoms with Crippen molar-refractivity contribution >= 4 is 31.6 Å². The van der Waals surface area contributed by atoms with Crippen LogP contribution < -0.4 is 9.46 Å². The first-order chi connectivity index (χ1) is 22.6. The highest BCUT2D eigenvalue weighted by Crippen LogP contribution is 2.30. The lowest BCUT2D eigenvalue weighted by Gasteiger charge is -2.35. The van der Waals surface area contributed by atoms with Crippen LogP contribution in [0.1, 0.15) is 61.8 Å². The molecule has 0 fully saturated rings. The number of anilines is 1. The Labute approximate surface area is 283 Å². The third-order valence-electron chi connectivity index (χ3n) is 8.43. The second kappa shape index (κ2) is 15.8. The van der Waals surface area contributed by atoms with Crippen LogP contribution in [0.2, 0.25) is 0 Å². The summed E-state index contributed by atoms with van der Waals surface area (Å²) in [5.74, 6) is -0.406. The maximum atomic E-state index is 14.4. The van der Waals surface area contributed by atoms with E-state index in [0.717, 1.165) is 6.42 Å². The largest absolute Gasteiger partial charge is 0.490 e. The number of nitrogens with one attached hydrogen (secondary N) is 1. The van der Waals surface area contributed by atoms with Gasteiger partial charge in [-0.15, -0.1) is 0 Å². The van der Waals surface area contributed by atoms with Crippen LogP contribution in [0.25, 0.3) is 0 Å². The lowest BCUT2D eigenvalue weighted by molar-refractivity contribution is -0.00835. The van der Waals surface area contributed by atoms with E-state index in [4.69, 9.17) is 14.0 Å². The fourth-order valence-electron chi connectivity index (χ4n) is 5.61. The highest BCUT2D eigenvalue weighted by atomic mass is 32.2. The Bertz CT molecular complexity index is 1740. The topological polar surface area (TPSA) is 169 Å². The number of hydrogen-bond acceptors (Lipinski definition) is 10. The maximum Gasteiger partial charge on any atom is 0.261 e. The van der Waals surface area contributed by atoms with Crippen molar-refractivity contribution in [3.63, 3.8) is 0 Å². The molecular formula is C33H46N4O9S2. The van der Waals surface area contributed by atoms with E-state index in [1.807, 2.05) is 13.8 Å². The third kappa shape index (κ3) is 8.74. The van der Waals surface area contributed by atoms with Gasteiger partial charge in [0, 0.05) is 38.3 Å². The molecule has 2 aromatic carbocycles. The van der Waals surface area contributed by atoms with Gasteiger partial charge in [-0.2, -0.15) is 4.31 Å². The lowest BCUT2D eigenvalue weighted by atomic mass is 10.0. The molecule has 0 aliphatic carbocycles. The number of sulfonamides is 2. The van der Waals surface area contributed by atoms with E-state index in [-0.39, 0.29) is 64.0 Å². The molecular weight excluding hydrogens is 661 g/mol. The van der Waals surface area contributed by atoms with Gasteiger partial charge in [-0.1, -0.05) is 30.3 Å². The van der Waals surface area contributed by atoms with E-state index in [2.05, 4.69) is 9.88 Å². The summed E-state index contributed by atoms with van der Waals surface area (Å²) >= 11 is 0. The van der Waals surface area contributed by atoms with Gasteiger partial charge in [0.15, 0.2) is 5.76 Å². The minimum Gasteiger partial charge on any atom is -0.490 e. The zero-order chi connectivity index (χ0) is 35.2. The van der Waals surface area contributed by atoms with Crippen LogP contribution in [0.4, 0.5) is 5.69 Å². The lowest BCUT2D eigenvalue weighted by Crippen LogP contribution is -2.48. The number of amides is 1. The van der Waals surface area contributed by atoms with Crippen molar-refractivity contribution < 1.29 is 40.7 Å². The molecule has 1 aliphatic heterocycles. The first-order valence-corrected chi connectivity index (χ1v) is 18.9. The summed E-state index contributed by atoms with van der Waals surface area (Å²) in [6.07, 6.45) is 1.19. The summed E-state index contributed by atoms with van der Waals surface area (Å²) in [6.45, 7) is 8.66. The fraction of sp³-hybridized carbons (Fsp3) is 0.515. The number of aliphatic hydroxyl groups excluding tert-OH is 1. The standard InChI is InChI=1S/C33H46N4O9S2/c1-22-19-37(23(2)21-38)33(39)29-18-27(35-47(40,41)28-13-8-7-9-14-28)15-16-30(29)45-24(3)12-10-11-17-44-31(22)20-36(6)48(42,43)32-25(4)34-46-26(32)5/h7-9,13-16,18,22-24,31,35,38H,10-12,17,19-21H2,1-6H3/t22-,23-,24+,31+/m1/s1. The summed E-state index contributed by atoms with van der Waals surface area (Å²) in [6, 6.07) is 11.8. The number of carbonyl (C=O) groups excluding carboxylic acids is 1. The molecule has 4 rings (SSSR count). The number of likely N-dealkylation sites (N-methyl/N-ethyl adjacent to an activating group) is 1. The molecule has 264 valence electrons. The van der Waals surface area contributed by atoms with Crippen molar-refractivity contribution in [1.82, 2.24) is 14.4 Å². The highest BCUT2D eigenvalue weighted by molar-refractivity contribution is 7.92. The molecule has 4 atom stereocenters. The SMILES string of the molecule is Cc1noc(C)c1S(=O)(=O)N(C)C[C@@H]1OCCCC[C@H](C)Oc2ccc(NS(=O)(=O)c3ccccc3)cc2C(=O)N([C@H](C)CO)C[C@H]1C. The molecule has 2 heterocycles. The Hall–Kier alpha value is -3.50. The van der Waals surface area contributed by atoms with Gasteiger partial charge in [0.1, 0.15) is 16.3 Å². The van der Waals surface area contributed by atoms with Gasteiger partial charge >= 0.3 is 0 Å². The van der Waals surface area contributed by atoms with Gasteiger partial charge in [0.2, 0.25) is 10.0 Å². The predicted molar refractivity (Wildman–Crippen MR) is 180 cm³/mol. The van der Waals surface area contributed by atoms with Crippen molar-refractivity contribution in [1.29, 1.82) is 0 Å². The number of hydrogen-bond donors (Lipinski definition) is 2. The van der Waals surface area contributed by atoms with E-state index >= 15 is 0 Å². The summed E-state index contributed by atoms with van der Waals surface area (Å²) in [7, 11) is -6.45. The molecule has 3 aromatic rings. The number of aromatic nitrogens is 1. The fourth-order valence-corrected chi connectivity index (χ4v) is 8.15. The highest BCUT2D eigenvalue weighted by Gasteiger charge is 2.34. The van der Waals surface area contributed by atoms with Gasteiger partial charge in [-0.3, -0.25) is 9.52 Å². The van der Waals surface area contributed by atoms with Crippen LogP contribution in [0.5, 0.6) is 5.75 Å². The Morgan fingerprint density at radius 3 is 2.44 bits per heavy atom. The zero-order valence-corrected chi connectivity index (χ0v) is 29.9. The van der Waals surface area contributed by atoms with E-state index < -0.39 is 44.0 Å². The van der Waals surface area contributed by atoms with Gasteiger partial charge in [-0.25, -0.2) is 16.8 Å². The summed E-state index contributed by atoms with van der Waals surface area (Å²) in [4.78, 5) is 15.9. The van der Waals surface area contributed by atoms with Crippen LogP contribution in [0, 0.1) is 19.8 Å². The van der Waals surface area contributed by atoms with E-state index in [1.165, 1.54) is 34.5 Å². The quantitative estimate of drug-likeness (QED) is 0.329. The first kappa shape index (κ1) is 37.3. The number of carbonyl (C=O) groups is 1. The number of rotatable bonds is 9. The minimum absolute atomic E-state index is 0.00791. The normalized spacial score (nSPS) is 20.9. The van der Waals surface area contributed by atoms with E-state index in [0.29, 0.717) is 19.4 Å². The van der Waals surface area contributed by atoms with Crippen LogP contribution >= 0.6 is 0 Å². The molecule has 0 spiro atoms. The van der Waals surface area contributed by atoms with Crippen molar-refractivity contribution in [3.8, 4) is 5.75 Å². The molecule has 0 saturated heterocycles. The monoisotopic (exact) mass is 706 g/mol. The summed E-state index contributed by atoms with van der Waals surface area (Å²) in [5, 5.41) is 14.0. The number of aryl methyl sites for hydroxylation is 2. The molecule has 0 unspecified atom stereocenters. The van der Waals surface area contributed by atoms with Gasteiger partial charge < -0.3 is 24.0 Å². The van der Waals surface area contributed by atoms with Crippen molar-refractivity contribution in [2.45, 2.75) is 81.9 Å². The molecule has 15 heteroatoms. The van der Waals surface area contributed by atoms with Crippen LogP contribution in [-0.4, -0.2) is 93.8 Å². The predicted octanol–water partition coefficient (Wildman–Crippen LogP) is 4.21. The Kier molecular flexibility index (Phi) is 12.3. The molecule has 48 heavy (non-hydrogen) atoms. The molecule has 2 N–H and O–H groups in total. The molecule has 13 nitrogen and oxygen atoms in total. The molecule has 0 saturated carbocycles. The zero-order valence-electron chi connectivity index (χ0n) is 28.2. The Morgan fingerprint density at radius 1 is 1.08 bits per heavy atom. The smallest absolute Gasteiger partial charge is 0.261 e. The molecule has 1 aliphatic rings. The van der Waals surface area contributed by atoms with Gasteiger partial charge in [0.25, 0.3) is 15.9 Å². The summed E-state index contributed by atoms with van der Waals surface area (Å²) < 4.78 is 74.7. The van der Waals surface area contributed by atoms with Crippen LogP contribution in [-0.2, 0) is 24.8 Å². The number of nitrogens with zero attached hydrogens (tertiary/aromatic N) is 3. The maximum absolute atomic E-state index is 14.4. The van der Waals surface area contributed by atoms with Crippen molar-refractivity contribution in [2.24, 2.45) is 5.92 Å². The number of ether oxygens (including phenoxy) is 2. The van der Waals surface area contributed by atoms with E-state index in [1.54, 1.807) is 51.1 Å². The number of fused-ring (bicyclic) bond motifs is 1. The van der Waals surface area contributed by atoms with Crippen LogP contribution in [0.15, 0.2) is 62.8 Å². The minimum atomic E-state index is -3.97. The number of aliphatic hydroxyl groups is 1.